The van der Waals surface area contributed by atoms with Crippen LogP contribution in [-0.2, 0) is 0 Å². The molecule has 0 aliphatic rings. The topological polar surface area (TPSA) is 0 Å². The molecule has 1 rings (SSSR count). The summed E-state index contributed by atoms with van der Waals surface area (Å²) in [6.45, 7) is 2.09. The van der Waals surface area contributed by atoms with Crippen LogP contribution in [0.4, 0.5) is 8.78 Å². The van der Waals surface area contributed by atoms with Crippen LogP contribution in [0.2, 0.25) is 0 Å². The number of benzene rings is 1. The molecule has 1 unspecified atom stereocenters. The van der Waals surface area contributed by atoms with Crippen LogP contribution in [0.25, 0.3) is 0 Å². The summed E-state index contributed by atoms with van der Waals surface area (Å²) in [6.07, 6.45) is 3.80. The van der Waals surface area contributed by atoms with E-state index < -0.39 is 17.0 Å². The zero-order valence-electron chi connectivity index (χ0n) is 8.77. The summed E-state index contributed by atoms with van der Waals surface area (Å²) in [5.41, 5.74) is 0.271. The van der Waals surface area contributed by atoms with E-state index in [1.807, 2.05) is 0 Å². The molecule has 0 spiro atoms. The fourth-order valence-corrected chi connectivity index (χ4v) is 1.81. The van der Waals surface area contributed by atoms with Crippen molar-refractivity contribution in [1.82, 2.24) is 0 Å². The van der Waals surface area contributed by atoms with Crippen LogP contribution >= 0.6 is 11.6 Å². The Balaban J connectivity index is 2.64. The van der Waals surface area contributed by atoms with E-state index in [-0.39, 0.29) is 5.56 Å². The van der Waals surface area contributed by atoms with Crippen LogP contribution in [0.15, 0.2) is 18.2 Å². The average molecular weight is 233 g/mol. The number of hydrogen-bond donors (Lipinski definition) is 0. The summed E-state index contributed by atoms with van der Waals surface area (Å²) in [6, 6.07) is 3.41. The third kappa shape index (κ3) is 3.78. The van der Waals surface area contributed by atoms with Crippen molar-refractivity contribution in [2.75, 3.05) is 0 Å². The molecule has 0 radical (unpaired) electrons. The predicted molar refractivity (Wildman–Crippen MR) is 59.1 cm³/mol. The number of alkyl halides is 1. The van der Waals surface area contributed by atoms with E-state index in [4.69, 9.17) is 11.6 Å². The first-order chi connectivity index (χ1) is 7.15. The minimum Gasteiger partial charge on any atom is -0.207 e. The van der Waals surface area contributed by atoms with Crippen LogP contribution < -0.4 is 0 Å². The highest BCUT2D eigenvalue weighted by molar-refractivity contribution is 6.20. The second-order valence-corrected chi connectivity index (χ2v) is 4.16. The van der Waals surface area contributed by atoms with Crippen molar-refractivity contribution >= 4 is 11.6 Å². The SMILES string of the molecule is CCCCCC(Cl)c1cc(F)ccc1F. The van der Waals surface area contributed by atoms with E-state index in [2.05, 4.69) is 6.92 Å². The highest BCUT2D eigenvalue weighted by Crippen LogP contribution is 2.29. The second-order valence-electron chi connectivity index (χ2n) is 3.63. The van der Waals surface area contributed by atoms with Crippen molar-refractivity contribution in [2.45, 2.75) is 38.0 Å². The van der Waals surface area contributed by atoms with Gasteiger partial charge in [-0.05, 0) is 24.6 Å². The Kier molecular flexibility index (Phi) is 5.03. The summed E-state index contributed by atoms with van der Waals surface area (Å²) >= 11 is 6.01. The minimum atomic E-state index is -0.437. The molecule has 0 saturated heterocycles. The molecule has 0 N–H and O–H groups in total. The summed E-state index contributed by atoms with van der Waals surface area (Å²) in [7, 11) is 0. The zero-order valence-corrected chi connectivity index (χ0v) is 9.53. The van der Waals surface area contributed by atoms with Crippen molar-refractivity contribution in [3.8, 4) is 0 Å². The van der Waals surface area contributed by atoms with E-state index in [1.165, 1.54) is 6.07 Å². The van der Waals surface area contributed by atoms with Gasteiger partial charge in [-0.2, -0.15) is 0 Å². The molecule has 0 heterocycles. The molecule has 0 amide bonds. The molecular weight excluding hydrogens is 218 g/mol. The van der Waals surface area contributed by atoms with Crippen LogP contribution in [0, 0.1) is 11.6 Å². The Morgan fingerprint density at radius 2 is 2.00 bits per heavy atom. The molecule has 0 bridgehead atoms. The molecule has 0 nitrogen and oxygen atoms in total. The first kappa shape index (κ1) is 12.4. The van der Waals surface area contributed by atoms with Gasteiger partial charge in [0.25, 0.3) is 0 Å². The Bertz CT molecular complexity index is 312. The molecule has 0 aromatic heterocycles. The Morgan fingerprint density at radius 1 is 1.27 bits per heavy atom. The first-order valence-electron chi connectivity index (χ1n) is 5.24. The summed E-state index contributed by atoms with van der Waals surface area (Å²) in [5.74, 6) is -0.861. The molecule has 1 aromatic carbocycles. The van der Waals surface area contributed by atoms with Gasteiger partial charge in [0.05, 0.1) is 5.38 Å². The average Bonchev–Trinajstić information content (AvgIpc) is 2.22. The van der Waals surface area contributed by atoms with Crippen LogP contribution in [0.1, 0.15) is 43.5 Å². The second kappa shape index (κ2) is 6.06. The lowest BCUT2D eigenvalue weighted by Gasteiger charge is -2.10. The van der Waals surface area contributed by atoms with Gasteiger partial charge in [0.15, 0.2) is 0 Å². The molecule has 1 atom stereocenters. The van der Waals surface area contributed by atoms with Gasteiger partial charge in [0.2, 0.25) is 0 Å². The van der Waals surface area contributed by atoms with Gasteiger partial charge in [-0.25, -0.2) is 8.78 Å². The molecular formula is C12H15ClF2. The molecule has 0 fully saturated rings. The van der Waals surface area contributed by atoms with Crippen LogP contribution in [0.3, 0.4) is 0 Å². The highest BCUT2D eigenvalue weighted by Gasteiger charge is 2.13. The van der Waals surface area contributed by atoms with Crippen LogP contribution in [-0.4, -0.2) is 0 Å². The van der Waals surface area contributed by atoms with E-state index in [0.29, 0.717) is 6.42 Å². The first-order valence-corrected chi connectivity index (χ1v) is 5.67. The van der Waals surface area contributed by atoms with E-state index in [1.54, 1.807) is 0 Å². The van der Waals surface area contributed by atoms with Gasteiger partial charge in [-0.3, -0.25) is 0 Å². The number of rotatable bonds is 5. The fraction of sp³-hybridized carbons (Fsp3) is 0.500. The highest BCUT2D eigenvalue weighted by atomic mass is 35.5. The van der Waals surface area contributed by atoms with Crippen molar-refractivity contribution in [1.29, 1.82) is 0 Å². The molecule has 0 aliphatic heterocycles. The Morgan fingerprint density at radius 3 is 2.67 bits per heavy atom. The quantitative estimate of drug-likeness (QED) is 0.504. The molecule has 1 aromatic rings. The molecule has 84 valence electrons. The lowest BCUT2D eigenvalue weighted by atomic mass is 10.1. The summed E-state index contributed by atoms with van der Waals surface area (Å²) in [5, 5.41) is -0.424. The Hall–Kier alpha value is -0.630. The normalized spacial score (nSPS) is 12.8. The predicted octanol–water partition coefficient (Wildman–Crippen LogP) is 4.83. The summed E-state index contributed by atoms with van der Waals surface area (Å²) in [4.78, 5) is 0. The fourth-order valence-electron chi connectivity index (χ4n) is 1.48. The van der Waals surface area contributed by atoms with Crippen LogP contribution in [0.5, 0.6) is 0 Å². The van der Waals surface area contributed by atoms with E-state index >= 15 is 0 Å². The molecule has 0 aliphatic carbocycles. The monoisotopic (exact) mass is 232 g/mol. The van der Waals surface area contributed by atoms with Gasteiger partial charge >= 0.3 is 0 Å². The van der Waals surface area contributed by atoms with Crippen molar-refractivity contribution < 1.29 is 8.78 Å². The van der Waals surface area contributed by atoms with E-state index in [9.17, 15) is 8.78 Å². The smallest absolute Gasteiger partial charge is 0.128 e. The third-order valence-corrected chi connectivity index (χ3v) is 2.81. The van der Waals surface area contributed by atoms with Gasteiger partial charge in [0, 0.05) is 5.56 Å². The number of halogens is 3. The summed E-state index contributed by atoms with van der Waals surface area (Å²) < 4.78 is 26.1. The maximum atomic E-state index is 13.3. The standard InChI is InChI=1S/C12H15ClF2/c1-2-3-4-5-11(13)10-8-9(14)6-7-12(10)15/h6-8,11H,2-5H2,1H3. The lowest BCUT2D eigenvalue weighted by Crippen LogP contribution is -1.96. The van der Waals surface area contributed by atoms with Crippen molar-refractivity contribution in [3.63, 3.8) is 0 Å². The van der Waals surface area contributed by atoms with Gasteiger partial charge in [0.1, 0.15) is 11.6 Å². The number of unbranched alkanes of at least 4 members (excludes halogenated alkanes) is 2. The minimum absolute atomic E-state index is 0.271. The maximum absolute atomic E-state index is 13.3. The molecule has 3 heteroatoms. The number of hydrogen-bond acceptors (Lipinski definition) is 0. The largest absolute Gasteiger partial charge is 0.207 e. The third-order valence-electron chi connectivity index (χ3n) is 2.36. The van der Waals surface area contributed by atoms with Crippen molar-refractivity contribution in [3.05, 3.63) is 35.4 Å². The molecule has 15 heavy (non-hydrogen) atoms. The van der Waals surface area contributed by atoms with Gasteiger partial charge in [-0.1, -0.05) is 26.2 Å². The van der Waals surface area contributed by atoms with Gasteiger partial charge in [-0.15, -0.1) is 11.6 Å². The molecule has 0 saturated carbocycles. The van der Waals surface area contributed by atoms with E-state index in [0.717, 1.165) is 31.4 Å². The van der Waals surface area contributed by atoms with Gasteiger partial charge < -0.3 is 0 Å². The van der Waals surface area contributed by atoms with Crippen molar-refractivity contribution in [2.24, 2.45) is 0 Å². The maximum Gasteiger partial charge on any atom is 0.128 e. The lowest BCUT2D eigenvalue weighted by molar-refractivity contribution is 0.569. The zero-order chi connectivity index (χ0) is 11.3. The Labute approximate surface area is 94.3 Å².